The van der Waals surface area contributed by atoms with Crippen LogP contribution >= 0.6 is 0 Å². The minimum absolute atomic E-state index is 0.150. The molecule has 0 aliphatic heterocycles. The molecule has 0 radical (unpaired) electrons. The molecule has 0 saturated carbocycles. The zero-order valence-electron chi connectivity index (χ0n) is 12.3. The zero-order chi connectivity index (χ0) is 15.6. The van der Waals surface area contributed by atoms with E-state index in [-0.39, 0.29) is 6.61 Å². The van der Waals surface area contributed by atoms with Crippen molar-refractivity contribution in [2.24, 2.45) is 0 Å². The molecule has 0 fully saturated rings. The first kappa shape index (κ1) is 13.6. The predicted molar refractivity (Wildman–Crippen MR) is 83.5 cm³/mol. The molecule has 0 spiro atoms. The fraction of sp³-hybridized carbons (Fsp3) is 0.200. The van der Waals surface area contributed by atoms with Crippen LogP contribution < -0.4 is 0 Å². The van der Waals surface area contributed by atoms with Crippen LogP contribution in [0.3, 0.4) is 0 Å². The van der Waals surface area contributed by atoms with Gasteiger partial charge in [-0.2, -0.15) is 15.3 Å². The Labute approximate surface area is 131 Å². The molecule has 0 aliphatic carbocycles. The van der Waals surface area contributed by atoms with Gasteiger partial charge in [-0.05, 0) is 12.5 Å². The Bertz CT molecular complexity index is 923. The number of fused-ring (bicyclic) bond motifs is 1. The molecule has 4 rings (SSSR count). The molecule has 23 heavy (non-hydrogen) atoms. The van der Waals surface area contributed by atoms with Crippen LogP contribution in [0.5, 0.6) is 0 Å². The summed E-state index contributed by atoms with van der Waals surface area (Å²) < 4.78 is 3.60. The van der Waals surface area contributed by atoms with Crippen LogP contribution in [0.25, 0.3) is 28.0 Å². The molecule has 0 unspecified atom stereocenters. The van der Waals surface area contributed by atoms with Gasteiger partial charge < -0.3 is 5.11 Å². The van der Waals surface area contributed by atoms with E-state index in [1.54, 1.807) is 27.8 Å². The molecule has 0 aliphatic rings. The Morgan fingerprint density at radius 2 is 2.09 bits per heavy atom. The molecular formula is C15H15N7O. The Morgan fingerprint density at radius 3 is 2.91 bits per heavy atom. The van der Waals surface area contributed by atoms with Crippen molar-refractivity contribution in [1.82, 2.24) is 34.6 Å². The normalized spacial score (nSPS) is 11.3. The van der Waals surface area contributed by atoms with Crippen molar-refractivity contribution in [1.29, 1.82) is 0 Å². The molecule has 0 saturated heterocycles. The standard InChI is InChI=1S/C15H15N7O/c23-5-1-4-21-9-12(8-19-21)13-10-22-14(2-3-18-22)15(20-13)11-6-16-17-7-11/h2-3,6-10,23H,1,4-5H2,(H,16,17). The highest BCUT2D eigenvalue weighted by Gasteiger charge is 2.12. The lowest BCUT2D eigenvalue weighted by molar-refractivity contribution is 0.277. The van der Waals surface area contributed by atoms with Crippen molar-refractivity contribution in [3.05, 3.63) is 43.2 Å². The summed E-state index contributed by atoms with van der Waals surface area (Å²) in [5, 5.41) is 24.3. The van der Waals surface area contributed by atoms with Crippen LogP contribution in [0.15, 0.2) is 43.2 Å². The van der Waals surface area contributed by atoms with Crippen molar-refractivity contribution in [3.8, 4) is 22.5 Å². The Morgan fingerprint density at radius 1 is 1.13 bits per heavy atom. The van der Waals surface area contributed by atoms with Gasteiger partial charge in [0.2, 0.25) is 0 Å². The van der Waals surface area contributed by atoms with E-state index in [1.807, 2.05) is 24.7 Å². The van der Waals surface area contributed by atoms with Crippen molar-refractivity contribution in [2.45, 2.75) is 13.0 Å². The number of aliphatic hydroxyl groups is 1. The summed E-state index contributed by atoms with van der Waals surface area (Å²) in [7, 11) is 0. The van der Waals surface area contributed by atoms with Gasteiger partial charge in [0.05, 0.1) is 41.7 Å². The third-order valence-electron chi connectivity index (χ3n) is 3.64. The van der Waals surface area contributed by atoms with Crippen LogP contribution in [0.2, 0.25) is 0 Å². The largest absolute Gasteiger partial charge is 0.396 e. The van der Waals surface area contributed by atoms with Crippen LogP contribution in [-0.4, -0.2) is 46.3 Å². The van der Waals surface area contributed by atoms with E-state index in [2.05, 4.69) is 20.4 Å². The number of hydrogen-bond donors (Lipinski definition) is 2. The molecule has 4 aromatic heterocycles. The maximum atomic E-state index is 8.91. The molecule has 8 heteroatoms. The summed E-state index contributed by atoms with van der Waals surface area (Å²) in [6, 6.07) is 1.92. The van der Waals surface area contributed by atoms with E-state index < -0.39 is 0 Å². The number of aromatic nitrogens is 7. The SMILES string of the molecule is OCCCn1cc(-c2cn3nccc3c(-c3cn[nH]c3)n2)cn1. The maximum absolute atomic E-state index is 8.91. The Balaban J connectivity index is 1.80. The number of aromatic amines is 1. The third kappa shape index (κ3) is 2.49. The summed E-state index contributed by atoms with van der Waals surface area (Å²) in [5.74, 6) is 0. The molecule has 8 nitrogen and oxygen atoms in total. The first-order valence-corrected chi connectivity index (χ1v) is 7.32. The molecule has 4 aromatic rings. The van der Waals surface area contributed by atoms with Crippen molar-refractivity contribution in [2.75, 3.05) is 6.61 Å². The highest BCUT2D eigenvalue weighted by atomic mass is 16.3. The number of H-pyrrole nitrogens is 1. The van der Waals surface area contributed by atoms with E-state index in [9.17, 15) is 0 Å². The van der Waals surface area contributed by atoms with E-state index in [0.717, 1.165) is 28.0 Å². The summed E-state index contributed by atoms with van der Waals surface area (Å²) in [5.41, 5.74) is 4.34. The highest BCUT2D eigenvalue weighted by molar-refractivity contribution is 5.78. The van der Waals surface area contributed by atoms with E-state index in [1.165, 1.54) is 0 Å². The summed E-state index contributed by atoms with van der Waals surface area (Å²) in [4.78, 5) is 4.76. The van der Waals surface area contributed by atoms with E-state index >= 15 is 0 Å². The van der Waals surface area contributed by atoms with Crippen LogP contribution in [-0.2, 0) is 6.54 Å². The minimum Gasteiger partial charge on any atom is -0.396 e. The average molecular weight is 309 g/mol. The van der Waals surface area contributed by atoms with Crippen LogP contribution in [0, 0.1) is 0 Å². The zero-order valence-corrected chi connectivity index (χ0v) is 12.3. The number of nitrogens with zero attached hydrogens (tertiary/aromatic N) is 6. The molecular weight excluding hydrogens is 294 g/mol. The average Bonchev–Trinajstić information content (AvgIpc) is 3.32. The Hall–Kier alpha value is -3.00. The second-order valence-corrected chi connectivity index (χ2v) is 5.19. The molecule has 116 valence electrons. The smallest absolute Gasteiger partial charge is 0.0999 e. The van der Waals surface area contributed by atoms with E-state index in [0.29, 0.717) is 13.0 Å². The molecule has 0 atom stereocenters. The van der Waals surface area contributed by atoms with Gasteiger partial charge in [0, 0.05) is 36.7 Å². The first-order valence-electron chi connectivity index (χ1n) is 7.32. The number of aliphatic hydroxyl groups excluding tert-OH is 1. The molecule has 0 amide bonds. The lowest BCUT2D eigenvalue weighted by Crippen LogP contribution is -2.00. The van der Waals surface area contributed by atoms with E-state index in [4.69, 9.17) is 10.1 Å². The quantitative estimate of drug-likeness (QED) is 0.580. The number of nitrogens with one attached hydrogen (secondary N) is 1. The minimum atomic E-state index is 0.150. The molecule has 0 bridgehead atoms. The fourth-order valence-electron chi connectivity index (χ4n) is 2.51. The van der Waals surface area contributed by atoms with Crippen molar-refractivity contribution in [3.63, 3.8) is 0 Å². The monoisotopic (exact) mass is 309 g/mol. The van der Waals surface area contributed by atoms with Gasteiger partial charge in [0.25, 0.3) is 0 Å². The summed E-state index contributed by atoms with van der Waals surface area (Å²) in [6.07, 6.45) is 11.5. The number of hydrogen-bond acceptors (Lipinski definition) is 5. The predicted octanol–water partition coefficient (Wildman–Crippen LogP) is 1.37. The fourth-order valence-corrected chi connectivity index (χ4v) is 2.51. The first-order chi connectivity index (χ1) is 11.3. The molecule has 0 aromatic carbocycles. The lowest BCUT2D eigenvalue weighted by Gasteiger charge is -2.04. The second-order valence-electron chi connectivity index (χ2n) is 5.19. The number of aryl methyl sites for hydroxylation is 1. The second kappa shape index (κ2) is 5.65. The van der Waals surface area contributed by atoms with Crippen molar-refractivity contribution < 1.29 is 5.11 Å². The topological polar surface area (TPSA) is 96.9 Å². The third-order valence-corrected chi connectivity index (χ3v) is 3.64. The van der Waals surface area contributed by atoms with Gasteiger partial charge in [-0.1, -0.05) is 0 Å². The number of rotatable bonds is 5. The summed E-state index contributed by atoms with van der Waals surface area (Å²) in [6.45, 7) is 0.826. The summed E-state index contributed by atoms with van der Waals surface area (Å²) >= 11 is 0. The molecule has 4 heterocycles. The van der Waals surface area contributed by atoms with Crippen LogP contribution in [0.4, 0.5) is 0 Å². The maximum Gasteiger partial charge on any atom is 0.0999 e. The molecule has 2 N–H and O–H groups in total. The lowest BCUT2D eigenvalue weighted by atomic mass is 10.2. The van der Waals surface area contributed by atoms with Gasteiger partial charge in [-0.3, -0.25) is 9.78 Å². The van der Waals surface area contributed by atoms with Gasteiger partial charge in [-0.25, -0.2) is 9.50 Å². The van der Waals surface area contributed by atoms with Crippen LogP contribution in [0.1, 0.15) is 6.42 Å². The van der Waals surface area contributed by atoms with Gasteiger partial charge in [-0.15, -0.1) is 0 Å². The van der Waals surface area contributed by atoms with Gasteiger partial charge in [0.15, 0.2) is 0 Å². The van der Waals surface area contributed by atoms with Gasteiger partial charge >= 0.3 is 0 Å². The van der Waals surface area contributed by atoms with Crippen molar-refractivity contribution >= 4 is 5.52 Å². The highest BCUT2D eigenvalue weighted by Crippen LogP contribution is 2.25. The Kier molecular flexibility index (Phi) is 3.35. The van der Waals surface area contributed by atoms with Gasteiger partial charge in [0.1, 0.15) is 0 Å².